The molecule has 1 amide bonds. The molecule has 0 aromatic heterocycles. The number of likely N-dealkylation sites (N-methyl/N-ethyl adjacent to an activating group) is 1. The number of fused-ring (bicyclic) bond motifs is 5. The minimum absolute atomic E-state index is 0.0217. The highest BCUT2D eigenvalue weighted by Crippen LogP contribution is 2.66. The summed E-state index contributed by atoms with van der Waals surface area (Å²) >= 11 is 0. The second-order valence-electron chi connectivity index (χ2n) is 27.2. The Morgan fingerprint density at radius 1 is 0.897 bits per heavy atom. The van der Waals surface area contributed by atoms with E-state index in [1.165, 1.54) is 19.6 Å². The first kappa shape index (κ1) is 63.4. The number of aliphatic hydroxyl groups excluding tert-OH is 4. The van der Waals surface area contributed by atoms with Crippen molar-refractivity contribution < 1.29 is 73.4 Å². The number of ketones is 1. The van der Waals surface area contributed by atoms with Gasteiger partial charge in [-0.3, -0.25) is 19.3 Å². The normalized spacial score (nSPS) is 49.1. The van der Waals surface area contributed by atoms with Crippen LogP contribution in [0.4, 0.5) is 0 Å². The Labute approximate surface area is 466 Å². The van der Waals surface area contributed by atoms with Gasteiger partial charge in [0.2, 0.25) is 5.91 Å². The van der Waals surface area contributed by atoms with E-state index in [4.69, 9.17) is 28.4 Å². The molecule has 7 N–H and O–H groups in total. The molecule has 4 aliphatic carbocycles. The highest BCUT2D eigenvalue weighted by molar-refractivity contribution is 5.91. The van der Waals surface area contributed by atoms with Crippen LogP contribution >= 0.6 is 0 Å². The Balaban J connectivity index is 1.13. The number of allylic oxidation sites excluding steroid dienone is 1. The lowest BCUT2D eigenvalue weighted by molar-refractivity contribution is -0.318. The Morgan fingerprint density at radius 3 is 2.24 bits per heavy atom. The van der Waals surface area contributed by atoms with Crippen LogP contribution in [-0.2, 0) is 42.8 Å². The molecular formula is C60H103N3O15. The minimum atomic E-state index is -1.94. The molecule has 18 nitrogen and oxygen atoms in total. The Bertz CT molecular complexity index is 2110. The highest BCUT2D eigenvalue weighted by Gasteiger charge is 2.63. The maximum absolute atomic E-state index is 14.7. The van der Waals surface area contributed by atoms with Gasteiger partial charge >= 0.3 is 5.97 Å². The number of carbonyl (C=O) groups excluding carboxylic acids is 3. The second-order valence-corrected chi connectivity index (χ2v) is 27.2. The number of hydrogen-bond donors (Lipinski definition) is 7. The minimum Gasteiger partial charge on any atom is -0.459 e. The molecule has 6 fully saturated rings. The zero-order valence-corrected chi connectivity index (χ0v) is 50.0. The van der Waals surface area contributed by atoms with Gasteiger partial charge < -0.3 is 69.3 Å². The zero-order valence-electron chi connectivity index (χ0n) is 50.0. The SMILES string of the molecule is CC[C@H]1OC(=O)[C@H](C)[C@@H](O[C@H]2C[C@@](C)(OC)[C@@H](O)[C@H](C)O2)[C@H](C)[C@@H](O[C@@H]2O[C@H](C)C[C@H](N(C)C)[C@H]2O)[C@](C)(O)C[C@@H](C)CN(CCCNC(=O)[C@H]2CC[C@H]3[C@@H]4CCC5=CC(=O)CC[C@]5(C)[C@H]4[C@@H](O)C[C@]23C)[C@H](C)[C@@H](O)[C@]1(C)O. The van der Waals surface area contributed by atoms with Gasteiger partial charge in [-0.2, -0.15) is 0 Å². The number of nitrogens with one attached hydrogen (secondary N) is 1. The highest BCUT2D eigenvalue weighted by atomic mass is 16.7. The van der Waals surface area contributed by atoms with Crippen LogP contribution in [0.1, 0.15) is 160 Å². The van der Waals surface area contributed by atoms with Gasteiger partial charge in [0.1, 0.15) is 30.0 Å². The molecule has 0 unspecified atom stereocenters. The van der Waals surface area contributed by atoms with Crippen LogP contribution in [0.25, 0.3) is 0 Å². The molecule has 18 heteroatoms. The number of amides is 1. The van der Waals surface area contributed by atoms with Crippen molar-refractivity contribution in [2.45, 2.75) is 257 Å². The first-order valence-electron chi connectivity index (χ1n) is 29.8. The molecule has 0 bridgehead atoms. The zero-order chi connectivity index (χ0) is 57.8. The largest absolute Gasteiger partial charge is 0.459 e. The lowest BCUT2D eigenvalue weighted by Gasteiger charge is -2.59. The van der Waals surface area contributed by atoms with Crippen LogP contribution in [0.15, 0.2) is 11.6 Å². The van der Waals surface area contributed by atoms with Crippen molar-refractivity contribution in [3.63, 3.8) is 0 Å². The van der Waals surface area contributed by atoms with Gasteiger partial charge in [0.25, 0.3) is 0 Å². The lowest BCUT2D eigenvalue weighted by Crippen LogP contribution is -2.60. The van der Waals surface area contributed by atoms with E-state index in [1.54, 1.807) is 34.6 Å². The third-order valence-corrected chi connectivity index (χ3v) is 21.2. The third kappa shape index (κ3) is 12.5. The van der Waals surface area contributed by atoms with Crippen molar-refractivity contribution in [2.24, 2.45) is 52.3 Å². The maximum Gasteiger partial charge on any atom is 0.311 e. The summed E-state index contributed by atoms with van der Waals surface area (Å²) in [7, 11) is 5.27. The Morgan fingerprint density at radius 2 is 1.59 bits per heavy atom. The van der Waals surface area contributed by atoms with E-state index in [2.05, 4.69) is 24.1 Å². The molecule has 78 heavy (non-hydrogen) atoms. The standard InChI is InChI=1S/C60H103N3O15/c1-16-45-60(12,72)50(67)36(6)63(25-17-24-61-53(69)42-21-20-41-40-19-18-38-27-39(64)22-23-56(38,8)47(40)44(65)29-57(41,42)9)31-32(2)28-58(10,71)52(78-55-48(66)43(62(13)14)26-33(3)74-55)34(4)49(35(5)54(70)76-45)77-46-30-59(11,73-15)51(68)37(7)75-46/h27,32-37,40-52,55,65-68,71-72H,16-26,28-31H2,1-15H3,(H,61,69)/t32-,33-,34+,35-,36-,37+,40+,41+,42-,43+,44+,45-,46+,47-,48-,49+,50-,51+,52-,55+,56+,57+,58-,59-,60-/m1/s1. The fraction of sp³-hybridized carbons (Fsp3) is 0.917. The molecule has 448 valence electrons. The fourth-order valence-electron chi connectivity index (χ4n) is 16.6. The number of nitrogens with zero attached hydrogens (tertiary/aromatic N) is 2. The van der Waals surface area contributed by atoms with Gasteiger partial charge in [-0.1, -0.05) is 40.2 Å². The molecule has 0 radical (unpaired) electrons. The van der Waals surface area contributed by atoms with E-state index < -0.39 is 102 Å². The van der Waals surface area contributed by atoms with E-state index in [1.807, 2.05) is 52.8 Å². The lowest BCUT2D eigenvalue weighted by atomic mass is 9.46. The van der Waals surface area contributed by atoms with Gasteiger partial charge in [0, 0.05) is 63.5 Å². The number of hydrogen-bond acceptors (Lipinski definition) is 17. The van der Waals surface area contributed by atoms with E-state index in [0.29, 0.717) is 51.2 Å². The number of ether oxygens (including phenoxy) is 6. The van der Waals surface area contributed by atoms with E-state index in [0.717, 1.165) is 32.1 Å². The van der Waals surface area contributed by atoms with Gasteiger partial charge in [-0.05, 0) is 167 Å². The first-order valence-corrected chi connectivity index (χ1v) is 29.8. The molecule has 3 saturated heterocycles. The predicted octanol–water partition coefficient (Wildman–Crippen LogP) is 4.90. The third-order valence-electron chi connectivity index (χ3n) is 21.2. The molecule has 0 spiro atoms. The number of esters is 1. The van der Waals surface area contributed by atoms with Crippen LogP contribution in [0.3, 0.4) is 0 Å². The summed E-state index contributed by atoms with van der Waals surface area (Å²) in [6.07, 6.45) is -2.16. The molecule has 7 rings (SSSR count). The number of cyclic esters (lactones) is 1. The molecule has 3 aliphatic heterocycles. The molecule has 25 atom stereocenters. The number of rotatable bonds is 12. The summed E-state index contributed by atoms with van der Waals surface area (Å²) in [5.74, 6) is -2.39. The van der Waals surface area contributed by atoms with Crippen molar-refractivity contribution in [1.29, 1.82) is 0 Å². The first-order chi connectivity index (χ1) is 36.3. The van der Waals surface area contributed by atoms with Crippen LogP contribution < -0.4 is 5.32 Å². The van der Waals surface area contributed by atoms with Gasteiger partial charge in [0.15, 0.2) is 18.4 Å². The summed E-state index contributed by atoms with van der Waals surface area (Å²) in [5, 5.41) is 75.9. The summed E-state index contributed by atoms with van der Waals surface area (Å²) < 4.78 is 38.4. The molecule has 3 heterocycles. The average Bonchev–Trinajstić information content (AvgIpc) is 3.75. The Kier molecular flexibility index (Phi) is 20.0. The topological polar surface area (TPSA) is 246 Å². The van der Waals surface area contributed by atoms with E-state index >= 15 is 0 Å². The predicted molar refractivity (Wildman–Crippen MR) is 292 cm³/mol. The number of aliphatic hydroxyl groups is 6. The molecule has 3 saturated carbocycles. The van der Waals surface area contributed by atoms with Crippen molar-refractivity contribution in [2.75, 3.05) is 40.8 Å². The summed E-state index contributed by atoms with van der Waals surface area (Å²) in [5.41, 5.74) is -4.08. The maximum atomic E-state index is 14.7. The quantitative estimate of drug-likeness (QED) is 0.102. The molecular weight excluding hydrogens is 1000 g/mol. The number of carbonyl (C=O) groups is 3. The molecule has 0 aromatic rings. The van der Waals surface area contributed by atoms with Crippen molar-refractivity contribution in [3.8, 4) is 0 Å². The monoisotopic (exact) mass is 1110 g/mol. The van der Waals surface area contributed by atoms with Crippen molar-refractivity contribution in [3.05, 3.63) is 11.6 Å². The van der Waals surface area contributed by atoms with Gasteiger partial charge in [0.05, 0.1) is 47.6 Å². The Hall–Kier alpha value is -2.17. The number of methoxy groups -OCH3 is 1. The van der Waals surface area contributed by atoms with Crippen LogP contribution in [0.5, 0.6) is 0 Å². The molecule has 7 aliphatic rings. The summed E-state index contributed by atoms with van der Waals surface area (Å²) in [4.78, 5) is 45.5. The van der Waals surface area contributed by atoms with Crippen LogP contribution in [0, 0.1) is 52.3 Å². The van der Waals surface area contributed by atoms with Crippen molar-refractivity contribution in [1.82, 2.24) is 15.1 Å². The second kappa shape index (κ2) is 24.6. The summed E-state index contributed by atoms with van der Waals surface area (Å²) in [6, 6.07) is -1.03. The van der Waals surface area contributed by atoms with Crippen LogP contribution in [-0.4, -0.2) is 195 Å². The smallest absolute Gasteiger partial charge is 0.311 e. The molecule has 0 aromatic carbocycles. The van der Waals surface area contributed by atoms with Crippen LogP contribution in [0.2, 0.25) is 0 Å². The van der Waals surface area contributed by atoms with Crippen molar-refractivity contribution >= 4 is 17.7 Å². The van der Waals surface area contributed by atoms with E-state index in [9.17, 15) is 45.0 Å². The fourth-order valence-corrected chi connectivity index (χ4v) is 16.6. The average molecular weight is 1110 g/mol. The summed E-state index contributed by atoms with van der Waals surface area (Å²) in [6.45, 7) is 23.1. The van der Waals surface area contributed by atoms with Gasteiger partial charge in [-0.25, -0.2) is 0 Å². The van der Waals surface area contributed by atoms with Gasteiger partial charge in [-0.15, -0.1) is 0 Å². The van der Waals surface area contributed by atoms with E-state index in [-0.39, 0.29) is 77.6 Å².